The Balaban J connectivity index is 0.000000924. The lowest BCUT2D eigenvalue weighted by Gasteiger charge is -2.36. The number of hydrogen-bond acceptors (Lipinski definition) is 4. The lowest BCUT2D eigenvalue weighted by molar-refractivity contribution is 0.0118. The molecule has 0 aliphatic carbocycles. The Hall–Kier alpha value is -1.85. The molecule has 0 N–H and O–H groups in total. The summed E-state index contributed by atoms with van der Waals surface area (Å²) in [6, 6.07) is 1.70. The van der Waals surface area contributed by atoms with Gasteiger partial charge in [0.1, 0.15) is 5.60 Å². The minimum absolute atomic E-state index is 0.0691. The van der Waals surface area contributed by atoms with Crippen LogP contribution in [-0.2, 0) is 18.2 Å². The standard InChI is InChI=1S/C15H21N3O3.C2H6/c1-15(2,3)21-14(20)18-10-5-6-11(18)13-9(7-10)8-12(19)17(4)16-13;1-2/h8,10-11H,5-7H2,1-4H3;1-2H3. The first-order valence-corrected chi connectivity index (χ1v) is 8.35. The summed E-state index contributed by atoms with van der Waals surface area (Å²) >= 11 is 0. The average Bonchev–Trinajstić information content (AvgIpc) is 2.79. The van der Waals surface area contributed by atoms with E-state index in [9.17, 15) is 9.59 Å². The van der Waals surface area contributed by atoms with Crippen LogP contribution >= 0.6 is 0 Å². The molecular weight excluding hydrogens is 294 g/mol. The van der Waals surface area contributed by atoms with Crippen LogP contribution in [0.4, 0.5) is 4.79 Å². The van der Waals surface area contributed by atoms with E-state index < -0.39 is 5.60 Å². The predicted molar refractivity (Wildman–Crippen MR) is 88.4 cm³/mol. The van der Waals surface area contributed by atoms with Crippen LogP contribution in [0.15, 0.2) is 10.9 Å². The molecule has 0 radical (unpaired) electrons. The quantitative estimate of drug-likeness (QED) is 0.737. The molecule has 2 aliphatic heterocycles. The zero-order valence-corrected chi connectivity index (χ0v) is 14.9. The first-order valence-electron chi connectivity index (χ1n) is 8.35. The fraction of sp³-hybridized carbons (Fsp3) is 0.706. The van der Waals surface area contributed by atoms with Gasteiger partial charge in [0.25, 0.3) is 5.56 Å². The number of ether oxygens (including phenoxy) is 1. The van der Waals surface area contributed by atoms with E-state index in [0.29, 0.717) is 6.42 Å². The summed E-state index contributed by atoms with van der Waals surface area (Å²) in [6.45, 7) is 9.60. The van der Waals surface area contributed by atoms with Gasteiger partial charge in [0.2, 0.25) is 0 Å². The second-order valence-electron chi connectivity index (χ2n) is 6.86. The molecule has 0 aromatic carbocycles. The molecule has 3 rings (SSSR count). The highest BCUT2D eigenvalue weighted by molar-refractivity contribution is 5.70. The van der Waals surface area contributed by atoms with Crippen molar-refractivity contribution in [1.29, 1.82) is 0 Å². The third kappa shape index (κ3) is 3.41. The van der Waals surface area contributed by atoms with Gasteiger partial charge in [-0.2, -0.15) is 5.10 Å². The number of amides is 1. The molecule has 2 bridgehead atoms. The minimum atomic E-state index is -0.506. The van der Waals surface area contributed by atoms with Gasteiger partial charge in [-0.1, -0.05) is 13.8 Å². The summed E-state index contributed by atoms with van der Waals surface area (Å²) < 4.78 is 6.86. The molecule has 1 amide bonds. The SMILES string of the molecule is CC.Cn1nc2c(cc1=O)CC1CCC2N1C(=O)OC(C)(C)C. The fourth-order valence-corrected chi connectivity index (χ4v) is 3.23. The average molecular weight is 321 g/mol. The van der Waals surface area contributed by atoms with Gasteiger partial charge in [-0.3, -0.25) is 9.69 Å². The van der Waals surface area contributed by atoms with Gasteiger partial charge in [0, 0.05) is 19.2 Å². The van der Waals surface area contributed by atoms with Gasteiger partial charge < -0.3 is 4.74 Å². The van der Waals surface area contributed by atoms with Gasteiger partial charge in [-0.15, -0.1) is 0 Å². The maximum absolute atomic E-state index is 12.4. The Morgan fingerprint density at radius 3 is 2.57 bits per heavy atom. The highest BCUT2D eigenvalue weighted by Gasteiger charge is 2.45. The van der Waals surface area contributed by atoms with Gasteiger partial charge >= 0.3 is 6.09 Å². The van der Waals surface area contributed by atoms with E-state index in [1.54, 1.807) is 13.1 Å². The van der Waals surface area contributed by atoms with Crippen LogP contribution in [0.25, 0.3) is 0 Å². The van der Waals surface area contributed by atoms with Crippen LogP contribution in [0.3, 0.4) is 0 Å². The Labute approximate surface area is 137 Å². The number of fused-ring (bicyclic) bond motifs is 4. The summed E-state index contributed by atoms with van der Waals surface area (Å²) in [7, 11) is 1.64. The Kier molecular flexibility index (Phi) is 4.82. The van der Waals surface area contributed by atoms with Crippen LogP contribution in [0.1, 0.15) is 64.8 Å². The third-order valence-corrected chi connectivity index (χ3v) is 4.08. The van der Waals surface area contributed by atoms with E-state index in [-0.39, 0.29) is 23.7 Å². The number of nitrogens with zero attached hydrogens (tertiary/aromatic N) is 3. The van der Waals surface area contributed by atoms with Crippen LogP contribution in [-0.4, -0.2) is 32.4 Å². The number of carbonyl (C=O) groups excluding carboxylic acids is 1. The number of aryl methyl sites for hydroxylation is 1. The van der Waals surface area contributed by atoms with E-state index in [4.69, 9.17) is 4.74 Å². The normalized spacial score (nSPS) is 22.1. The summed E-state index contributed by atoms with van der Waals surface area (Å²) in [5.41, 5.74) is 1.22. The Morgan fingerprint density at radius 2 is 1.96 bits per heavy atom. The maximum atomic E-state index is 12.4. The second-order valence-corrected chi connectivity index (χ2v) is 6.86. The third-order valence-electron chi connectivity index (χ3n) is 4.08. The van der Waals surface area contributed by atoms with Crippen molar-refractivity contribution < 1.29 is 9.53 Å². The lowest BCUT2D eigenvalue weighted by Crippen LogP contribution is -2.45. The van der Waals surface area contributed by atoms with Crippen molar-refractivity contribution in [2.24, 2.45) is 7.05 Å². The molecule has 6 heteroatoms. The molecule has 1 fully saturated rings. The van der Waals surface area contributed by atoms with Crippen molar-refractivity contribution in [3.63, 3.8) is 0 Å². The molecular formula is C17H27N3O3. The summed E-state index contributed by atoms with van der Waals surface area (Å²) in [5, 5.41) is 4.38. The lowest BCUT2D eigenvalue weighted by atomic mass is 9.99. The van der Waals surface area contributed by atoms with E-state index in [1.165, 1.54) is 4.68 Å². The molecule has 2 aliphatic rings. The van der Waals surface area contributed by atoms with Crippen molar-refractivity contribution >= 4 is 6.09 Å². The van der Waals surface area contributed by atoms with Gasteiger partial charge in [0.15, 0.2) is 0 Å². The Morgan fingerprint density at radius 1 is 1.30 bits per heavy atom. The van der Waals surface area contributed by atoms with E-state index in [2.05, 4.69) is 5.10 Å². The fourth-order valence-electron chi connectivity index (χ4n) is 3.23. The molecule has 0 saturated carbocycles. The number of hydrogen-bond donors (Lipinski definition) is 0. The first kappa shape index (κ1) is 17.5. The van der Waals surface area contributed by atoms with Crippen LogP contribution in [0, 0.1) is 0 Å². The highest BCUT2D eigenvalue weighted by Crippen LogP contribution is 2.42. The molecule has 2 unspecified atom stereocenters. The number of rotatable bonds is 0. The van der Waals surface area contributed by atoms with Gasteiger partial charge in [-0.25, -0.2) is 9.48 Å². The summed E-state index contributed by atoms with van der Waals surface area (Å²) in [5.74, 6) is 0. The van der Waals surface area contributed by atoms with Crippen LogP contribution < -0.4 is 5.56 Å². The molecule has 1 aromatic heterocycles. The van der Waals surface area contributed by atoms with Crippen molar-refractivity contribution in [3.8, 4) is 0 Å². The number of aromatic nitrogens is 2. The van der Waals surface area contributed by atoms with Crippen LogP contribution in [0.5, 0.6) is 0 Å². The molecule has 2 atom stereocenters. The van der Waals surface area contributed by atoms with Crippen molar-refractivity contribution in [1.82, 2.24) is 14.7 Å². The molecule has 3 heterocycles. The summed E-state index contributed by atoms with van der Waals surface area (Å²) in [4.78, 5) is 26.0. The Bertz CT molecular complexity index is 645. The summed E-state index contributed by atoms with van der Waals surface area (Å²) in [6.07, 6.45) is 2.21. The van der Waals surface area contributed by atoms with Gasteiger partial charge in [0.05, 0.1) is 11.7 Å². The van der Waals surface area contributed by atoms with Crippen molar-refractivity contribution in [2.75, 3.05) is 0 Å². The largest absolute Gasteiger partial charge is 0.444 e. The molecule has 1 saturated heterocycles. The highest BCUT2D eigenvalue weighted by atomic mass is 16.6. The zero-order valence-electron chi connectivity index (χ0n) is 14.9. The van der Waals surface area contributed by atoms with Crippen molar-refractivity contribution in [2.45, 2.75) is 71.6 Å². The zero-order chi connectivity index (χ0) is 17.4. The van der Waals surface area contributed by atoms with Crippen molar-refractivity contribution in [3.05, 3.63) is 27.7 Å². The number of carbonyl (C=O) groups is 1. The molecule has 23 heavy (non-hydrogen) atoms. The molecule has 1 aromatic rings. The minimum Gasteiger partial charge on any atom is -0.444 e. The van der Waals surface area contributed by atoms with Gasteiger partial charge in [-0.05, 0) is 45.6 Å². The molecule has 6 nitrogen and oxygen atoms in total. The smallest absolute Gasteiger partial charge is 0.411 e. The van der Waals surface area contributed by atoms with Crippen LogP contribution in [0.2, 0.25) is 0 Å². The van der Waals surface area contributed by atoms with E-state index in [1.807, 2.05) is 39.5 Å². The molecule has 0 spiro atoms. The topological polar surface area (TPSA) is 64.4 Å². The molecule has 128 valence electrons. The van der Waals surface area contributed by atoms with E-state index >= 15 is 0 Å². The maximum Gasteiger partial charge on any atom is 0.411 e. The second kappa shape index (κ2) is 6.34. The first-order chi connectivity index (χ1) is 10.8. The predicted octanol–water partition coefficient (Wildman–Crippen LogP) is 2.80. The van der Waals surface area contributed by atoms with E-state index in [0.717, 1.165) is 24.1 Å². The monoisotopic (exact) mass is 321 g/mol.